The first kappa shape index (κ1) is 10.6. The van der Waals surface area contributed by atoms with Crippen molar-refractivity contribution in [2.45, 2.75) is 13.0 Å². The Morgan fingerprint density at radius 1 is 1.62 bits per heavy atom. The molecule has 0 saturated carbocycles. The molecule has 0 aliphatic rings. The Bertz CT molecular complexity index is 478. The first-order chi connectivity index (χ1) is 7.66. The molecule has 1 amide bonds. The van der Waals surface area contributed by atoms with E-state index in [0.29, 0.717) is 5.82 Å². The van der Waals surface area contributed by atoms with E-state index in [1.807, 2.05) is 6.92 Å². The largest absolute Gasteiger partial charge is 0.374 e. The number of anilines is 1. The highest BCUT2D eigenvalue weighted by Crippen LogP contribution is 2.12. The summed E-state index contributed by atoms with van der Waals surface area (Å²) in [6.45, 7) is 1.82. The van der Waals surface area contributed by atoms with Crippen molar-refractivity contribution in [3.63, 3.8) is 0 Å². The van der Waals surface area contributed by atoms with Gasteiger partial charge in [0.15, 0.2) is 0 Å². The van der Waals surface area contributed by atoms with Crippen molar-refractivity contribution in [1.82, 2.24) is 25.5 Å². The predicted molar refractivity (Wildman–Crippen MR) is 58.8 cm³/mol. The van der Waals surface area contributed by atoms with Crippen LogP contribution in [0, 0.1) is 0 Å². The van der Waals surface area contributed by atoms with E-state index in [1.165, 1.54) is 0 Å². The SMILES string of the molecule is CC(NC(=O)c1nnc(N)s1)c1ncc[nH]1. The molecule has 2 aromatic rings. The summed E-state index contributed by atoms with van der Waals surface area (Å²) in [5.74, 6) is 0.379. The van der Waals surface area contributed by atoms with Gasteiger partial charge in [0.2, 0.25) is 10.1 Å². The molecule has 0 aromatic carbocycles. The van der Waals surface area contributed by atoms with E-state index in [1.54, 1.807) is 12.4 Å². The molecular weight excluding hydrogens is 228 g/mol. The Morgan fingerprint density at radius 3 is 3.00 bits per heavy atom. The van der Waals surface area contributed by atoms with Crippen LogP contribution >= 0.6 is 11.3 Å². The maximum Gasteiger partial charge on any atom is 0.282 e. The lowest BCUT2D eigenvalue weighted by molar-refractivity contribution is 0.0937. The Balaban J connectivity index is 2.03. The lowest BCUT2D eigenvalue weighted by Gasteiger charge is -2.09. The van der Waals surface area contributed by atoms with Gasteiger partial charge in [0, 0.05) is 12.4 Å². The molecule has 16 heavy (non-hydrogen) atoms. The van der Waals surface area contributed by atoms with Crippen LogP contribution in [0.1, 0.15) is 28.6 Å². The topological polar surface area (TPSA) is 110 Å². The highest BCUT2D eigenvalue weighted by atomic mass is 32.1. The van der Waals surface area contributed by atoms with Crippen LogP contribution in [0.2, 0.25) is 0 Å². The highest BCUT2D eigenvalue weighted by Gasteiger charge is 2.16. The zero-order valence-corrected chi connectivity index (χ0v) is 9.28. The van der Waals surface area contributed by atoms with Crippen LogP contribution < -0.4 is 11.1 Å². The summed E-state index contributed by atoms with van der Waals surface area (Å²) in [6.07, 6.45) is 3.32. The number of imidazole rings is 1. The molecule has 0 bridgehead atoms. The summed E-state index contributed by atoms with van der Waals surface area (Å²) in [5.41, 5.74) is 5.39. The molecule has 0 aliphatic heterocycles. The van der Waals surface area contributed by atoms with Gasteiger partial charge in [0.25, 0.3) is 5.91 Å². The van der Waals surface area contributed by atoms with Crippen LogP contribution in [-0.2, 0) is 0 Å². The van der Waals surface area contributed by atoms with Crippen LogP contribution in [0.5, 0.6) is 0 Å². The van der Waals surface area contributed by atoms with Gasteiger partial charge < -0.3 is 16.0 Å². The van der Waals surface area contributed by atoms with Crippen LogP contribution in [-0.4, -0.2) is 26.1 Å². The molecule has 2 heterocycles. The van der Waals surface area contributed by atoms with Gasteiger partial charge in [0.05, 0.1) is 6.04 Å². The molecule has 8 heteroatoms. The lowest BCUT2D eigenvalue weighted by atomic mass is 10.3. The maximum atomic E-state index is 11.7. The number of carbonyl (C=O) groups is 1. The van der Waals surface area contributed by atoms with Gasteiger partial charge in [-0.25, -0.2) is 4.98 Å². The van der Waals surface area contributed by atoms with Crippen molar-refractivity contribution < 1.29 is 4.79 Å². The summed E-state index contributed by atoms with van der Waals surface area (Å²) in [7, 11) is 0. The fraction of sp³-hybridized carbons (Fsp3) is 0.250. The third kappa shape index (κ3) is 2.16. The average Bonchev–Trinajstić information content (AvgIpc) is 2.87. The van der Waals surface area contributed by atoms with Gasteiger partial charge in [-0.3, -0.25) is 4.79 Å². The number of rotatable bonds is 3. The first-order valence-corrected chi connectivity index (χ1v) is 5.37. The zero-order chi connectivity index (χ0) is 11.5. The monoisotopic (exact) mass is 238 g/mol. The number of hydrogen-bond donors (Lipinski definition) is 3. The minimum atomic E-state index is -0.307. The number of carbonyl (C=O) groups excluding carboxylic acids is 1. The second kappa shape index (κ2) is 4.27. The average molecular weight is 238 g/mol. The van der Waals surface area contributed by atoms with Crippen molar-refractivity contribution >= 4 is 22.4 Å². The van der Waals surface area contributed by atoms with Crippen LogP contribution in [0.3, 0.4) is 0 Å². The van der Waals surface area contributed by atoms with Crippen molar-refractivity contribution in [2.24, 2.45) is 0 Å². The Kier molecular flexibility index (Phi) is 2.82. The van der Waals surface area contributed by atoms with Gasteiger partial charge >= 0.3 is 0 Å². The smallest absolute Gasteiger partial charge is 0.282 e. The summed E-state index contributed by atoms with van der Waals surface area (Å²) in [5, 5.41) is 10.5. The minimum Gasteiger partial charge on any atom is -0.374 e. The summed E-state index contributed by atoms with van der Waals surface area (Å²) >= 11 is 1.05. The number of amides is 1. The molecule has 4 N–H and O–H groups in total. The van der Waals surface area contributed by atoms with Crippen LogP contribution in [0.25, 0.3) is 0 Å². The van der Waals surface area contributed by atoms with Gasteiger partial charge in [-0.1, -0.05) is 11.3 Å². The summed E-state index contributed by atoms with van der Waals surface area (Å²) < 4.78 is 0. The minimum absolute atomic E-state index is 0.215. The van der Waals surface area contributed by atoms with E-state index >= 15 is 0 Å². The first-order valence-electron chi connectivity index (χ1n) is 4.56. The zero-order valence-electron chi connectivity index (χ0n) is 8.47. The van der Waals surface area contributed by atoms with Crippen molar-refractivity contribution in [3.8, 4) is 0 Å². The second-order valence-corrected chi connectivity index (χ2v) is 4.12. The predicted octanol–water partition coefficient (Wildman–Crippen LogP) is 0.334. The van der Waals surface area contributed by atoms with E-state index in [9.17, 15) is 4.79 Å². The fourth-order valence-electron chi connectivity index (χ4n) is 1.17. The van der Waals surface area contributed by atoms with Crippen LogP contribution in [0.15, 0.2) is 12.4 Å². The normalized spacial score (nSPS) is 12.3. The molecule has 0 aliphatic carbocycles. The molecule has 0 saturated heterocycles. The molecule has 0 radical (unpaired) electrons. The number of hydrogen-bond acceptors (Lipinski definition) is 6. The number of nitrogens with zero attached hydrogens (tertiary/aromatic N) is 3. The van der Waals surface area contributed by atoms with E-state index in [0.717, 1.165) is 11.3 Å². The molecule has 1 unspecified atom stereocenters. The standard InChI is InChI=1S/C8H10N6OS/c1-4(5-10-2-3-11-5)12-6(15)7-13-14-8(9)16-7/h2-4H,1H3,(H2,9,14)(H,10,11)(H,12,15). The molecule has 2 rings (SSSR count). The molecular formula is C8H10N6OS. The van der Waals surface area contributed by atoms with Crippen LogP contribution in [0.4, 0.5) is 5.13 Å². The Hall–Kier alpha value is -1.96. The Morgan fingerprint density at radius 2 is 2.44 bits per heavy atom. The number of aromatic nitrogens is 4. The summed E-state index contributed by atoms with van der Waals surface area (Å²) in [4.78, 5) is 18.6. The molecule has 0 spiro atoms. The quantitative estimate of drug-likeness (QED) is 0.714. The highest BCUT2D eigenvalue weighted by molar-refractivity contribution is 7.16. The Labute approximate surface area is 95.1 Å². The number of aromatic amines is 1. The van der Waals surface area contributed by atoms with E-state index in [4.69, 9.17) is 5.73 Å². The van der Waals surface area contributed by atoms with E-state index in [2.05, 4.69) is 25.5 Å². The molecule has 84 valence electrons. The molecule has 0 fully saturated rings. The van der Waals surface area contributed by atoms with Gasteiger partial charge in [-0.15, -0.1) is 10.2 Å². The van der Waals surface area contributed by atoms with Crippen molar-refractivity contribution in [2.75, 3.05) is 5.73 Å². The maximum absolute atomic E-state index is 11.7. The van der Waals surface area contributed by atoms with Gasteiger partial charge in [-0.2, -0.15) is 0 Å². The van der Waals surface area contributed by atoms with Gasteiger partial charge in [-0.05, 0) is 6.92 Å². The van der Waals surface area contributed by atoms with Crippen molar-refractivity contribution in [1.29, 1.82) is 0 Å². The fourth-order valence-corrected chi connectivity index (χ4v) is 1.68. The van der Waals surface area contributed by atoms with E-state index in [-0.39, 0.29) is 22.1 Å². The molecule has 2 aromatic heterocycles. The summed E-state index contributed by atoms with van der Waals surface area (Å²) in [6, 6.07) is -0.215. The number of nitrogens with one attached hydrogen (secondary N) is 2. The van der Waals surface area contributed by atoms with Crippen molar-refractivity contribution in [3.05, 3.63) is 23.2 Å². The number of H-pyrrole nitrogens is 1. The molecule has 7 nitrogen and oxygen atoms in total. The lowest BCUT2D eigenvalue weighted by Crippen LogP contribution is -2.27. The number of nitrogens with two attached hydrogens (primary N) is 1. The molecule has 1 atom stereocenters. The number of nitrogen functional groups attached to an aromatic ring is 1. The second-order valence-electron chi connectivity index (χ2n) is 3.12. The van der Waals surface area contributed by atoms with E-state index < -0.39 is 0 Å². The third-order valence-corrected chi connectivity index (χ3v) is 2.66. The third-order valence-electron chi connectivity index (χ3n) is 1.91. The van der Waals surface area contributed by atoms with Gasteiger partial charge in [0.1, 0.15) is 5.82 Å².